The van der Waals surface area contributed by atoms with Crippen LogP contribution in [-0.4, -0.2) is 15.1 Å². The topological polar surface area (TPSA) is 47.9 Å². The number of hydrogen-bond acceptors (Lipinski definition) is 4. The quantitative estimate of drug-likeness (QED) is 0.245. The Bertz CT molecular complexity index is 788. The summed E-state index contributed by atoms with van der Waals surface area (Å²) >= 11 is 36.2. The third-order valence-corrected chi connectivity index (χ3v) is 6.35. The van der Waals surface area contributed by atoms with Crippen molar-refractivity contribution in [3.8, 4) is 0 Å². The minimum atomic E-state index is 0.0826. The van der Waals surface area contributed by atoms with Gasteiger partial charge in [-0.1, -0.05) is 82.6 Å². The molecule has 2 aliphatic rings. The lowest BCUT2D eigenvalue weighted by Gasteiger charge is -2.10. The maximum atomic E-state index is 8.05. The molecule has 1 saturated heterocycles. The van der Waals surface area contributed by atoms with Gasteiger partial charge >= 0.3 is 0 Å². The summed E-state index contributed by atoms with van der Waals surface area (Å²) in [5.74, 6) is 0.0826. The van der Waals surface area contributed by atoms with Gasteiger partial charge < -0.3 is 10.6 Å². The molecule has 3 nitrogen and oxygen atoms in total. The van der Waals surface area contributed by atoms with Crippen LogP contribution in [0.25, 0.3) is 5.70 Å². The van der Waals surface area contributed by atoms with Crippen molar-refractivity contribution in [2.75, 3.05) is 0 Å². The summed E-state index contributed by atoms with van der Waals surface area (Å²) < 4.78 is 0.534. The number of rotatable bonds is 0. The number of halogens is 4. The third kappa shape index (κ3) is 2.37. The van der Waals surface area contributed by atoms with Crippen molar-refractivity contribution in [3.05, 3.63) is 36.1 Å². The average molecular weight is 415 g/mol. The van der Waals surface area contributed by atoms with Crippen LogP contribution in [0.4, 0.5) is 0 Å². The molecule has 0 bridgehead atoms. The van der Waals surface area contributed by atoms with Gasteiger partial charge in [0.25, 0.3) is 0 Å². The zero-order valence-corrected chi connectivity index (χ0v) is 15.2. The highest BCUT2D eigenvalue weighted by atomic mass is 35.5. The SMILES string of the molecule is N=C1NC(=C2SC(=S)NC2=S)c2c(Cl)c(Cl)c(Cl)c(Cl)c21. The predicted molar refractivity (Wildman–Crippen MR) is 99.3 cm³/mol. The van der Waals surface area contributed by atoms with Crippen LogP contribution in [0.1, 0.15) is 11.1 Å². The van der Waals surface area contributed by atoms with E-state index in [1.54, 1.807) is 0 Å². The number of hydrogen-bond donors (Lipinski definition) is 3. The van der Waals surface area contributed by atoms with Crippen molar-refractivity contribution in [1.29, 1.82) is 5.41 Å². The minimum Gasteiger partial charge on any atom is -0.339 e. The normalized spacial score (nSPS) is 20.7. The van der Waals surface area contributed by atoms with Gasteiger partial charge in [-0.15, -0.1) is 0 Å². The van der Waals surface area contributed by atoms with Crippen LogP contribution in [0.5, 0.6) is 0 Å². The van der Waals surface area contributed by atoms with Crippen LogP contribution in [0.15, 0.2) is 4.91 Å². The molecule has 0 aromatic heterocycles. The van der Waals surface area contributed by atoms with E-state index >= 15 is 0 Å². The summed E-state index contributed by atoms with van der Waals surface area (Å²) in [5, 5.41) is 14.5. The first-order valence-electron chi connectivity index (χ1n) is 5.32. The lowest BCUT2D eigenvalue weighted by atomic mass is 10.1. The van der Waals surface area contributed by atoms with Crippen molar-refractivity contribution in [2.45, 2.75) is 0 Å². The standard InChI is InChI=1S/C11H3Cl4N3S3/c12-3-1-2(4(13)6(15)5(3)14)9(16)17-7(1)8-10(19)18-11(20)21-8/h(H2,16,17)(H,18,19,20). The number of nitrogens with one attached hydrogen (secondary N) is 3. The Morgan fingerprint density at radius 1 is 0.857 bits per heavy atom. The lowest BCUT2D eigenvalue weighted by Crippen LogP contribution is -2.18. The number of thiocarbonyl (C=S) groups is 2. The lowest BCUT2D eigenvalue weighted by molar-refractivity contribution is 1.30. The Hall–Kier alpha value is -0.0800. The highest BCUT2D eigenvalue weighted by molar-refractivity contribution is 8.27. The zero-order valence-electron chi connectivity index (χ0n) is 9.74. The largest absolute Gasteiger partial charge is 0.339 e. The van der Waals surface area contributed by atoms with Gasteiger partial charge in [0, 0.05) is 11.1 Å². The summed E-state index contributed by atoms with van der Waals surface area (Å²) in [6.45, 7) is 0. The first-order valence-corrected chi connectivity index (χ1v) is 8.47. The summed E-state index contributed by atoms with van der Waals surface area (Å²) in [7, 11) is 0. The molecule has 3 N–H and O–H groups in total. The molecule has 0 radical (unpaired) electrons. The van der Waals surface area contributed by atoms with Gasteiger partial charge in [-0.05, 0) is 0 Å². The molecular weight excluding hydrogens is 412 g/mol. The second kappa shape index (κ2) is 5.53. The van der Waals surface area contributed by atoms with E-state index in [4.69, 9.17) is 76.2 Å². The van der Waals surface area contributed by atoms with Crippen LogP contribution >= 0.6 is 82.6 Å². The monoisotopic (exact) mass is 413 g/mol. The molecule has 0 atom stereocenters. The summed E-state index contributed by atoms with van der Waals surface area (Å²) in [6.07, 6.45) is 0. The maximum absolute atomic E-state index is 8.05. The molecule has 21 heavy (non-hydrogen) atoms. The number of fused-ring (bicyclic) bond motifs is 1. The fourth-order valence-corrected chi connectivity index (χ4v) is 4.59. The number of thioether (sulfide) groups is 1. The molecule has 2 aliphatic heterocycles. The van der Waals surface area contributed by atoms with Crippen molar-refractivity contribution < 1.29 is 0 Å². The Balaban J connectivity index is 2.36. The minimum absolute atomic E-state index is 0.0826. The van der Waals surface area contributed by atoms with E-state index < -0.39 is 0 Å². The molecule has 0 aliphatic carbocycles. The van der Waals surface area contributed by atoms with Gasteiger partial charge in [-0.25, -0.2) is 0 Å². The Morgan fingerprint density at radius 3 is 1.95 bits per heavy atom. The smallest absolute Gasteiger partial charge is 0.143 e. The van der Waals surface area contributed by atoms with E-state index in [0.717, 1.165) is 0 Å². The maximum Gasteiger partial charge on any atom is 0.143 e. The van der Waals surface area contributed by atoms with Crippen molar-refractivity contribution in [2.24, 2.45) is 0 Å². The fraction of sp³-hybridized carbons (Fsp3) is 0. The fourth-order valence-electron chi connectivity index (χ4n) is 2.00. The van der Waals surface area contributed by atoms with Crippen LogP contribution in [0.3, 0.4) is 0 Å². The molecule has 2 heterocycles. The van der Waals surface area contributed by atoms with E-state index in [0.29, 0.717) is 31.0 Å². The summed E-state index contributed by atoms with van der Waals surface area (Å²) in [5.41, 5.74) is 1.47. The van der Waals surface area contributed by atoms with Gasteiger partial charge in [0.05, 0.1) is 30.7 Å². The van der Waals surface area contributed by atoms with E-state index in [-0.39, 0.29) is 25.9 Å². The van der Waals surface area contributed by atoms with Crippen LogP contribution in [0, 0.1) is 5.41 Å². The summed E-state index contributed by atoms with van der Waals surface area (Å²) in [6, 6.07) is 0. The van der Waals surface area contributed by atoms with Gasteiger partial charge in [0.1, 0.15) is 15.1 Å². The molecule has 0 saturated carbocycles. The van der Waals surface area contributed by atoms with E-state index in [1.807, 2.05) is 0 Å². The molecule has 1 aromatic carbocycles. The highest BCUT2D eigenvalue weighted by Gasteiger charge is 2.35. The second-order valence-corrected chi connectivity index (χ2v) is 7.66. The molecule has 3 rings (SSSR count). The molecule has 0 spiro atoms. The van der Waals surface area contributed by atoms with Crippen LogP contribution in [0.2, 0.25) is 20.1 Å². The van der Waals surface area contributed by atoms with Crippen molar-refractivity contribution in [3.63, 3.8) is 0 Å². The van der Waals surface area contributed by atoms with E-state index in [9.17, 15) is 0 Å². The van der Waals surface area contributed by atoms with Gasteiger partial charge in [-0.2, -0.15) is 0 Å². The molecule has 0 amide bonds. The first-order chi connectivity index (χ1) is 9.82. The van der Waals surface area contributed by atoms with Crippen molar-refractivity contribution >= 4 is 103 Å². The van der Waals surface area contributed by atoms with Crippen LogP contribution in [-0.2, 0) is 0 Å². The Morgan fingerprint density at radius 2 is 1.43 bits per heavy atom. The van der Waals surface area contributed by atoms with Gasteiger partial charge in [-0.3, -0.25) is 5.41 Å². The summed E-state index contributed by atoms with van der Waals surface area (Å²) in [4.78, 5) is 1.14. The Kier molecular flexibility index (Phi) is 4.16. The first kappa shape index (κ1) is 15.8. The van der Waals surface area contributed by atoms with Crippen LogP contribution < -0.4 is 10.6 Å². The third-order valence-electron chi connectivity index (χ3n) is 2.86. The highest BCUT2D eigenvalue weighted by Crippen LogP contribution is 2.47. The van der Waals surface area contributed by atoms with E-state index in [2.05, 4.69) is 10.6 Å². The van der Waals surface area contributed by atoms with Crippen molar-refractivity contribution in [1.82, 2.24) is 10.6 Å². The molecule has 1 aromatic rings. The van der Waals surface area contributed by atoms with Gasteiger partial charge in [0.15, 0.2) is 0 Å². The molecule has 10 heteroatoms. The zero-order chi connectivity index (χ0) is 15.5. The number of amidine groups is 1. The second-order valence-electron chi connectivity index (χ2n) is 4.05. The predicted octanol–water partition coefficient (Wildman–Crippen LogP) is 4.85. The molecule has 0 unspecified atom stereocenters. The molecule has 108 valence electrons. The molecular formula is C11H3Cl4N3S3. The van der Waals surface area contributed by atoms with E-state index in [1.165, 1.54) is 11.8 Å². The average Bonchev–Trinajstić information content (AvgIpc) is 2.93. The number of benzene rings is 1. The Labute approximate surface area is 154 Å². The van der Waals surface area contributed by atoms with Gasteiger partial charge in [0.2, 0.25) is 0 Å². The molecule has 1 fully saturated rings.